The Morgan fingerprint density at radius 2 is 2.03 bits per heavy atom. The molecule has 0 bridgehead atoms. The minimum Gasteiger partial charge on any atom is -0.491 e. The van der Waals surface area contributed by atoms with Crippen molar-refractivity contribution in [3.8, 4) is 34.3 Å². The predicted molar refractivity (Wildman–Crippen MR) is 115 cm³/mol. The van der Waals surface area contributed by atoms with Gasteiger partial charge in [-0.15, -0.1) is 0 Å². The molecule has 0 radical (unpaired) electrons. The fraction of sp³-hybridized carbons (Fsp3) is 0.273. The summed E-state index contributed by atoms with van der Waals surface area (Å²) in [6.07, 6.45) is 2.74. The Balaban J connectivity index is 1.60. The maximum absolute atomic E-state index is 11.4. The third-order valence-electron chi connectivity index (χ3n) is 5.34. The normalized spacial score (nSPS) is 14.5. The van der Waals surface area contributed by atoms with Gasteiger partial charge in [-0.25, -0.2) is 9.97 Å². The number of rotatable bonds is 5. The van der Waals surface area contributed by atoms with E-state index in [1.807, 2.05) is 30.3 Å². The first-order valence-electron chi connectivity index (χ1n) is 10.2. The summed E-state index contributed by atoms with van der Waals surface area (Å²) in [6.45, 7) is 3.08. The summed E-state index contributed by atoms with van der Waals surface area (Å²) in [7, 11) is 0. The Labute approximate surface area is 178 Å². The van der Waals surface area contributed by atoms with E-state index in [-0.39, 0.29) is 0 Å². The van der Waals surface area contributed by atoms with E-state index in [4.69, 9.17) is 20.2 Å². The zero-order valence-corrected chi connectivity index (χ0v) is 17.0. The van der Waals surface area contributed by atoms with Crippen LogP contribution < -0.4 is 15.2 Å². The number of benzene rings is 2. The Morgan fingerprint density at radius 1 is 1.23 bits per heavy atom. The Kier molecular flexibility index (Phi) is 4.78. The number of aromatic nitrogens is 5. The number of amides is 1. The topological polar surface area (TPSA) is 121 Å². The van der Waals surface area contributed by atoms with Gasteiger partial charge >= 0.3 is 0 Å². The van der Waals surface area contributed by atoms with Crippen molar-refractivity contribution in [1.29, 1.82) is 0 Å². The molecular formula is C22H22N6O3. The Morgan fingerprint density at radius 3 is 2.77 bits per heavy atom. The van der Waals surface area contributed by atoms with Gasteiger partial charge < -0.3 is 19.8 Å². The average molecular weight is 418 g/mol. The van der Waals surface area contributed by atoms with Crippen molar-refractivity contribution in [3.05, 3.63) is 42.7 Å². The van der Waals surface area contributed by atoms with E-state index in [0.29, 0.717) is 23.9 Å². The monoisotopic (exact) mass is 418 g/mol. The molecule has 1 atom stereocenters. The molecule has 9 heteroatoms. The van der Waals surface area contributed by atoms with Crippen molar-refractivity contribution in [1.82, 2.24) is 24.7 Å². The van der Waals surface area contributed by atoms with E-state index in [2.05, 4.69) is 19.7 Å². The summed E-state index contributed by atoms with van der Waals surface area (Å²) >= 11 is 0. The van der Waals surface area contributed by atoms with Crippen molar-refractivity contribution in [2.75, 3.05) is 6.61 Å². The first kappa shape index (κ1) is 19.1. The predicted octanol–water partition coefficient (Wildman–Crippen LogP) is 2.91. The van der Waals surface area contributed by atoms with Crippen LogP contribution in [0, 0.1) is 0 Å². The molecule has 0 fully saturated rings. The van der Waals surface area contributed by atoms with Crippen molar-refractivity contribution >= 4 is 16.9 Å². The zero-order valence-electron chi connectivity index (χ0n) is 17.0. The van der Waals surface area contributed by atoms with Crippen LogP contribution in [-0.4, -0.2) is 43.4 Å². The number of nitrogens with zero attached hydrogens (tertiary/aromatic N) is 4. The van der Waals surface area contributed by atoms with Crippen LogP contribution in [0.3, 0.4) is 0 Å². The number of aryl methyl sites for hydroxylation is 1. The number of carbonyl (C=O) groups is 1. The lowest BCUT2D eigenvalue weighted by Crippen LogP contribution is -2.30. The van der Waals surface area contributed by atoms with Crippen molar-refractivity contribution in [3.63, 3.8) is 0 Å². The molecule has 158 valence electrons. The molecule has 3 N–H and O–H groups in total. The number of imidazole rings is 1. The number of ether oxygens (including phenoxy) is 2. The second-order valence-corrected chi connectivity index (χ2v) is 7.49. The molecule has 2 aromatic heterocycles. The number of primary amides is 1. The van der Waals surface area contributed by atoms with Gasteiger partial charge in [0.2, 0.25) is 0 Å². The first-order valence-corrected chi connectivity index (χ1v) is 10.2. The number of nitrogens with two attached hydrogens (primary N) is 1. The maximum Gasteiger partial charge on any atom is 0.258 e. The molecule has 1 aliphatic rings. The summed E-state index contributed by atoms with van der Waals surface area (Å²) in [5, 5.41) is 6.86. The van der Waals surface area contributed by atoms with Crippen LogP contribution in [0.15, 0.2) is 42.7 Å². The lowest BCUT2D eigenvalue weighted by atomic mass is 10.1. The van der Waals surface area contributed by atoms with Crippen LogP contribution in [0.4, 0.5) is 0 Å². The molecule has 2 aromatic carbocycles. The molecule has 0 spiro atoms. The summed E-state index contributed by atoms with van der Waals surface area (Å²) in [4.78, 5) is 20.5. The van der Waals surface area contributed by atoms with Crippen LogP contribution in [0.2, 0.25) is 0 Å². The lowest BCUT2D eigenvalue weighted by Gasteiger charge is -2.18. The third-order valence-corrected chi connectivity index (χ3v) is 5.34. The highest BCUT2D eigenvalue weighted by atomic mass is 16.5. The molecule has 4 aromatic rings. The highest BCUT2D eigenvalue weighted by molar-refractivity contribution is 5.88. The summed E-state index contributed by atoms with van der Waals surface area (Å²) < 4.78 is 13.9. The van der Waals surface area contributed by atoms with E-state index >= 15 is 0 Å². The summed E-state index contributed by atoms with van der Waals surface area (Å²) in [5.74, 6) is 2.17. The van der Waals surface area contributed by atoms with Gasteiger partial charge in [-0.3, -0.25) is 9.89 Å². The van der Waals surface area contributed by atoms with Gasteiger partial charge in [-0.2, -0.15) is 5.10 Å². The van der Waals surface area contributed by atoms with Crippen molar-refractivity contribution in [2.24, 2.45) is 5.73 Å². The average Bonchev–Trinajstić information content (AvgIpc) is 3.40. The van der Waals surface area contributed by atoms with E-state index in [9.17, 15) is 4.79 Å². The number of hydrogen-bond acceptors (Lipinski definition) is 6. The minimum atomic E-state index is -0.747. The quantitative estimate of drug-likeness (QED) is 0.514. The molecular weight excluding hydrogens is 396 g/mol. The van der Waals surface area contributed by atoms with Gasteiger partial charge in [0, 0.05) is 29.8 Å². The van der Waals surface area contributed by atoms with Gasteiger partial charge in [0.1, 0.15) is 29.2 Å². The highest BCUT2D eigenvalue weighted by Gasteiger charge is 2.21. The molecule has 31 heavy (non-hydrogen) atoms. The van der Waals surface area contributed by atoms with E-state index in [0.717, 1.165) is 47.4 Å². The standard InChI is InChI=1S/C22H22N6O3/c1-13(20(23)29)31-16-10-17-19-18(11-16)30-9-3-2-8-28(19)22(26-17)15-6-4-14(5-7-15)21-24-12-25-27-21/h4-7,10-13H,2-3,8-9H2,1H3,(H2,23,29)(H,24,25,27)/t13-/m0/s1. The molecule has 9 nitrogen and oxygen atoms in total. The number of hydrogen-bond donors (Lipinski definition) is 2. The Bertz CT molecular complexity index is 1230. The number of aromatic amines is 1. The molecule has 3 heterocycles. The lowest BCUT2D eigenvalue weighted by molar-refractivity contribution is -0.123. The van der Waals surface area contributed by atoms with Gasteiger partial charge in [-0.05, 0) is 19.8 Å². The fourth-order valence-corrected chi connectivity index (χ4v) is 3.75. The largest absolute Gasteiger partial charge is 0.491 e. The van der Waals surface area contributed by atoms with Crippen LogP contribution in [0.5, 0.6) is 11.5 Å². The number of nitrogens with one attached hydrogen (secondary N) is 1. The van der Waals surface area contributed by atoms with Crippen molar-refractivity contribution in [2.45, 2.75) is 32.4 Å². The maximum atomic E-state index is 11.4. The van der Waals surface area contributed by atoms with Gasteiger partial charge in [0.15, 0.2) is 11.9 Å². The van der Waals surface area contributed by atoms with Crippen LogP contribution in [0.25, 0.3) is 33.8 Å². The SMILES string of the molecule is C[C@H](Oc1cc2c3c(c1)nc(-c1ccc(-c4nc[nH]n4)cc1)n3CCCCO2)C(N)=O. The zero-order chi connectivity index (χ0) is 21.4. The highest BCUT2D eigenvalue weighted by Crippen LogP contribution is 2.37. The van der Waals surface area contributed by atoms with E-state index in [1.165, 1.54) is 0 Å². The summed E-state index contributed by atoms with van der Waals surface area (Å²) in [6, 6.07) is 11.6. The summed E-state index contributed by atoms with van der Waals surface area (Å²) in [5.41, 5.74) is 8.93. The molecule has 0 unspecified atom stereocenters. The smallest absolute Gasteiger partial charge is 0.258 e. The van der Waals surface area contributed by atoms with Crippen molar-refractivity contribution < 1.29 is 14.3 Å². The first-order chi connectivity index (χ1) is 15.1. The molecule has 1 aliphatic heterocycles. The Hall–Kier alpha value is -3.88. The fourth-order valence-electron chi connectivity index (χ4n) is 3.75. The van der Waals surface area contributed by atoms with Gasteiger partial charge in [0.25, 0.3) is 5.91 Å². The second-order valence-electron chi connectivity index (χ2n) is 7.49. The van der Waals surface area contributed by atoms with E-state index < -0.39 is 12.0 Å². The molecule has 5 rings (SSSR count). The molecule has 0 aliphatic carbocycles. The van der Waals surface area contributed by atoms with Crippen LogP contribution >= 0.6 is 0 Å². The van der Waals surface area contributed by atoms with Gasteiger partial charge in [0.05, 0.1) is 12.1 Å². The minimum absolute atomic E-state index is 0.505. The number of H-pyrrole nitrogens is 1. The second kappa shape index (κ2) is 7.75. The number of carbonyl (C=O) groups excluding carboxylic acids is 1. The molecule has 0 saturated heterocycles. The van der Waals surface area contributed by atoms with Crippen LogP contribution in [-0.2, 0) is 11.3 Å². The van der Waals surface area contributed by atoms with Gasteiger partial charge in [-0.1, -0.05) is 24.3 Å². The van der Waals surface area contributed by atoms with Crippen LogP contribution in [0.1, 0.15) is 19.8 Å². The van der Waals surface area contributed by atoms with E-state index in [1.54, 1.807) is 19.3 Å². The third kappa shape index (κ3) is 3.58. The molecule has 1 amide bonds. The molecule has 0 saturated carbocycles.